The number of nitrogens with zero attached hydrogens (tertiary/aromatic N) is 1. The molecule has 0 unspecified atom stereocenters. The second-order valence-electron chi connectivity index (χ2n) is 8.73. The van der Waals surface area contributed by atoms with Crippen LogP contribution in [0.3, 0.4) is 0 Å². The molecule has 0 bridgehead atoms. The van der Waals surface area contributed by atoms with Crippen LogP contribution in [-0.2, 0) is 10.0 Å². The zero-order chi connectivity index (χ0) is 21.5. The molecule has 6 nitrogen and oxygen atoms in total. The van der Waals surface area contributed by atoms with E-state index in [1.54, 1.807) is 12.1 Å². The Morgan fingerprint density at radius 2 is 1.93 bits per heavy atom. The van der Waals surface area contributed by atoms with Gasteiger partial charge in [-0.2, -0.15) is 0 Å². The number of amides is 1. The minimum Gasteiger partial charge on any atom is -0.487 e. The van der Waals surface area contributed by atoms with Gasteiger partial charge in [0.05, 0.1) is 17.5 Å². The van der Waals surface area contributed by atoms with E-state index in [1.165, 1.54) is 4.31 Å². The van der Waals surface area contributed by atoms with Crippen molar-refractivity contribution in [1.29, 1.82) is 0 Å². The number of benzene rings is 2. The van der Waals surface area contributed by atoms with Gasteiger partial charge in [0.15, 0.2) is 0 Å². The largest absolute Gasteiger partial charge is 0.487 e. The van der Waals surface area contributed by atoms with Crippen LogP contribution in [-0.4, -0.2) is 32.2 Å². The van der Waals surface area contributed by atoms with E-state index in [1.807, 2.05) is 51.1 Å². The summed E-state index contributed by atoms with van der Waals surface area (Å²) >= 11 is 0. The Labute approximate surface area is 178 Å². The summed E-state index contributed by atoms with van der Waals surface area (Å²) in [5.41, 5.74) is 2.45. The summed E-state index contributed by atoms with van der Waals surface area (Å²) in [6.07, 6.45) is 2.15. The molecule has 1 fully saturated rings. The van der Waals surface area contributed by atoms with Crippen LogP contribution in [0.5, 0.6) is 5.75 Å². The van der Waals surface area contributed by atoms with E-state index in [4.69, 9.17) is 4.74 Å². The molecule has 0 spiro atoms. The number of fused-ring (bicyclic) bond motifs is 1. The summed E-state index contributed by atoms with van der Waals surface area (Å²) in [5.74, 6) is 0.711. The number of ether oxygens (including phenoxy) is 1. The van der Waals surface area contributed by atoms with E-state index >= 15 is 0 Å². The highest BCUT2D eigenvalue weighted by Crippen LogP contribution is 2.39. The average Bonchev–Trinajstić information content (AvgIpc) is 2.67. The number of carbonyl (C=O) groups is 1. The van der Waals surface area contributed by atoms with Gasteiger partial charge in [-0.15, -0.1) is 0 Å². The second-order valence-corrected chi connectivity index (χ2v) is 10.7. The molecule has 2 aromatic rings. The minimum atomic E-state index is -3.34. The summed E-state index contributed by atoms with van der Waals surface area (Å²) in [5, 5.41) is 3.13. The maximum atomic E-state index is 13.1. The summed E-state index contributed by atoms with van der Waals surface area (Å²) in [6, 6.07) is 12.8. The van der Waals surface area contributed by atoms with Gasteiger partial charge in [0.1, 0.15) is 11.4 Å². The summed E-state index contributed by atoms with van der Waals surface area (Å²) in [4.78, 5) is 13.1. The van der Waals surface area contributed by atoms with Crippen molar-refractivity contribution in [3.8, 4) is 5.75 Å². The van der Waals surface area contributed by atoms with Gasteiger partial charge in [-0.3, -0.25) is 9.10 Å². The summed E-state index contributed by atoms with van der Waals surface area (Å²) in [6.45, 7) is 6.34. The van der Waals surface area contributed by atoms with Crippen LogP contribution < -0.4 is 14.4 Å². The lowest BCUT2D eigenvalue weighted by atomic mass is 9.89. The Hall–Kier alpha value is -2.54. The van der Waals surface area contributed by atoms with E-state index in [0.717, 1.165) is 23.3 Å². The molecular weight excluding hydrogens is 400 g/mol. The van der Waals surface area contributed by atoms with Gasteiger partial charge >= 0.3 is 0 Å². The highest BCUT2D eigenvalue weighted by molar-refractivity contribution is 7.92. The highest BCUT2D eigenvalue weighted by atomic mass is 32.2. The van der Waals surface area contributed by atoms with Crippen LogP contribution >= 0.6 is 0 Å². The number of para-hydroxylation sites is 1. The van der Waals surface area contributed by atoms with E-state index in [0.29, 0.717) is 30.6 Å². The van der Waals surface area contributed by atoms with Crippen LogP contribution in [0.1, 0.15) is 60.6 Å². The molecule has 0 aromatic heterocycles. The minimum absolute atomic E-state index is 0.150. The number of sulfonamides is 1. The van der Waals surface area contributed by atoms with Crippen molar-refractivity contribution in [3.05, 3.63) is 59.2 Å². The first kappa shape index (κ1) is 20.7. The van der Waals surface area contributed by atoms with Crippen molar-refractivity contribution in [3.63, 3.8) is 0 Å². The van der Waals surface area contributed by atoms with Gasteiger partial charge in [0.25, 0.3) is 5.91 Å². The second kappa shape index (κ2) is 7.61. The normalized spacial score (nSPS) is 22.0. The fourth-order valence-corrected chi connectivity index (χ4v) is 5.94. The molecule has 0 radical (unpaired) electrons. The first-order valence-corrected chi connectivity index (χ1v) is 12.0. The summed E-state index contributed by atoms with van der Waals surface area (Å²) < 4.78 is 32.6. The van der Waals surface area contributed by atoms with E-state index in [2.05, 4.69) is 5.32 Å². The van der Waals surface area contributed by atoms with Crippen LogP contribution in [0.15, 0.2) is 42.5 Å². The zero-order valence-corrected chi connectivity index (χ0v) is 18.5. The van der Waals surface area contributed by atoms with E-state index < -0.39 is 15.6 Å². The number of rotatable bonds is 3. The Balaban J connectivity index is 1.62. The molecule has 2 aliphatic rings. The Morgan fingerprint density at radius 1 is 1.17 bits per heavy atom. The first-order valence-electron chi connectivity index (χ1n) is 10.4. The number of anilines is 1. The molecule has 1 atom stereocenters. The molecule has 0 aliphatic carbocycles. The van der Waals surface area contributed by atoms with Crippen molar-refractivity contribution < 1.29 is 17.9 Å². The molecule has 4 rings (SSSR count). The first-order chi connectivity index (χ1) is 14.2. The predicted molar refractivity (Wildman–Crippen MR) is 118 cm³/mol. The molecule has 7 heteroatoms. The Bertz CT molecular complexity index is 1080. The summed E-state index contributed by atoms with van der Waals surface area (Å²) in [7, 11) is -3.34. The molecule has 30 heavy (non-hydrogen) atoms. The maximum Gasteiger partial charge on any atom is 0.251 e. The number of hydrogen-bond donors (Lipinski definition) is 1. The molecule has 2 aromatic carbocycles. The third kappa shape index (κ3) is 4.03. The van der Waals surface area contributed by atoms with Gasteiger partial charge in [-0.25, -0.2) is 8.42 Å². The molecule has 0 saturated carbocycles. The fourth-order valence-electron chi connectivity index (χ4n) is 4.25. The van der Waals surface area contributed by atoms with Crippen molar-refractivity contribution in [2.24, 2.45) is 0 Å². The fraction of sp³-hybridized carbons (Fsp3) is 0.435. The van der Waals surface area contributed by atoms with Crippen molar-refractivity contribution >= 4 is 21.6 Å². The topological polar surface area (TPSA) is 75.7 Å². The van der Waals surface area contributed by atoms with Crippen LogP contribution in [0, 0.1) is 6.92 Å². The van der Waals surface area contributed by atoms with Crippen LogP contribution in [0.4, 0.5) is 5.69 Å². The third-order valence-corrected chi connectivity index (χ3v) is 7.63. The van der Waals surface area contributed by atoms with Gasteiger partial charge in [0, 0.05) is 24.1 Å². The number of hydrogen-bond acceptors (Lipinski definition) is 4. The van der Waals surface area contributed by atoms with Crippen molar-refractivity contribution in [2.75, 3.05) is 16.6 Å². The van der Waals surface area contributed by atoms with Gasteiger partial charge in [0.2, 0.25) is 10.0 Å². The average molecular weight is 429 g/mol. The molecule has 2 aliphatic heterocycles. The molecule has 160 valence electrons. The SMILES string of the molecule is Cc1ccc(C(=O)N[C@@H]2CC(C)(C)Oc3ccccc32)cc1N1CCCCS1(=O)=O. The number of aryl methyl sites for hydroxylation is 1. The van der Waals surface area contributed by atoms with Crippen LogP contribution in [0.2, 0.25) is 0 Å². The Kier molecular flexibility index (Phi) is 5.26. The number of nitrogens with one attached hydrogen (secondary N) is 1. The monoisotopic (exact) mass is 428 g/mol. The smallest absolute Gasteiger partial charge is 0.251 e. The van der Waals surface area contributed by atoms with Crippen molar-refractivity contribution in [2.45, 2.75) is 51.7 Å². The van der Waals surface area contributed by atoms with E-state index in [9.17, 15) is 13.2 Å². The predicted octanol–water partition coefficient (Wildman–Crippen LogP) is 3.96. The maximum absolute atomic E-state index is 13.1. The van der Waals surface area contributed by atoms with E-state index in [-0.39, 0.29) is 17.7 Å². The lowest BCUT2D eigenvalue weighted by Gasteiger charge is -2.38. The number of carbonyl (C=O) groups excluding carboxylic acids is 1. The molecule has 1 amide bonds. The highest BCUT2D eigenvalue weighted by Gasteiger charge is 2.34. The standard InChI is InChI=1S/C23H28N2O4S/c1-16-10-11-17(14-20(16)25-12-6-7-13-30(25,27)28)22(26)24-19-15-23(2,3)29-21-9-5-4-8-18(19)21/h4-5,8-11,14,19H,6-7,12-13,15H2,1-3H3,(H,24,26)/t19-/m1/s1. The zero-order valence-electron chi connectivity index (χ0n) is 17.6. The molecule has 1 N–H and O–H groups in total. The Morgan fingerprint density at radius 3 is 2.70 bits per heavy atom. The molecule has 2 heterocycles. The van der Waals surface area contributed by atoms with Gasteiger partial charge in [-0.05, 0) is 57.4 Å². The quantitative estimate of drug-likeness (QED) is 0.803. The third-order valence-electron chi connectivity index (χ3n) is 5.77. The molecular formula is C23H28N2O4S. The van der Waals surface area contributed by atoms with Gasteiger partial charge in [-0.1, -0.05) is 24.3 Å². The lowest BCUT2D eigenvalue weighted by molar-refractivity contribution is 0.0619. The van der Waals surface area contributed by atoms with Crippen molar-refractivity contribution in [1.82, 2.24) is 5.32 Å². The van der Waals surface area contributed by atoms with Gasteiger partial charge < -0.3 is 10.1 Å². The van der Waals surface area contributed by atoms with Crippen LogP contribution in [0.25, 0.3) is 0 Å². The molecule has 1 saturated heterocycles. The lowest BCUT2D eigenvalue weighted by Crippen LogP contribution is -2.41.